The first kappa shape index (κ1) is 13.1. The molecule has 2 N–H and O–H groups in total. The largest absolute Gasteiger partial charge is 0.384 e. The van der Waals surface area contributed by atoms with Gasteiger partial charge in [-0.15, -0.1) is 0 Å². The van der Waals surface area contributed by atoms with Crippen LogP contribution in [0, 0.1) is 0 Å². The minimum absolute atomic E-state index is 0.196. The van der Waals surface area contributed by atoms with Crippen LogP contribution in [-0.2, 0) is 6.42 Å². The number of anilines is 1. The second-order valence-electron chi connectivity index (χ2n) is 4.86. The number of nitrogens with one attached hydrogen (secondary N) is 2. The molecule has 18 heavy (non-hydrogen) atoms. The summed E-state index contributed by atoms with van der Waals surface area (Å²) in [5.41, 5.74) is 3.29. The van der Waals surface area contributed by atoms with Crippen LogP contribution >= 0.6 is 0 Å². The molecule has 1 heterocycles. The molecular formula is C15H22N2O. The van der Waals surface area contributed by atoms with E-state index in [-0.39, 0.29) is 5.78 Å². The molecule has 0 unspecified atom stereocenters. The van der Waals surface area contributed by atoms with Crippen LogP contribution < -0.4 is 10.6 Å². The highest BCUT2D eigenvalue weighted by atomic mass is 16.1. The Morgan fingerprint density at radius 3 is 3.11 bits per heavy atom. The van der Waals surface area contributed by atoms with Gasteiger partial charge in [0.2, 0.25) is 0 Å². The summed E-state index contributed by atoms with van der Waals surface area (Å²) in [6, 6.07) is 5.98. The van der Waals surface area contributed by atoms with E-state index in [1.54, 1.807) is 0 Å². The fraction of sp³-hybridized carbons (Fsp3) is 0.533. The number of hydrogen-bond acceptors (Lipinski definition) is 3. The maximum atomic E-state index is 12.0. The van der Waals surface area contributed by atoms with Gasteiger partial charge in [-0.3, -0.25) is 4.79 Å². The number of fused-ring (bicyclic) bond motifs is 1. The molecule has 98 valence electrons. The SMILES string of the molecule is CCCCCNCC(=O)c1ccc2c(c1)CCN2. The van der Waals surface area contributed by atoms with Crippen LogP contribution in [0.4, 0.5) is 5.69 Å². The van der Waals surface area contributed by atoms with Crippen LogP contribution in [0.2, 0.25) is 0 Å². The van der Waals surface area contributed by atoms with Gasteiger partial charge in [0.05, 0.1) is 6.54 Å². The average Bonchev–Trinajstić information content (AvgIpc) is 2.85. The standard InChI is InChI=1S/C15H22N2O/c1-2-3-4-8-16-11-15(18)13-5-6-14-12(10-13)7-9-17-14/h5-6,10,16-17H,2-4,7-9,11H2,1H3. The van der Waals surface area contributed by atoms with Crippen LogP contribution in [0.3, 0.4) is 0 Å². The number of benzene rings is 1. The van der Waals surface area contributed by atoms with Gasteiger partial charge in [0, 0.05) is 17.8 Å². The second-order valence-corrected chi connectivity index (χ2v) is 4.86. The third kappa shape index (κ3) is 3.33. The van der Waals surface area contributed by atoms with Gasteiger partial charge in [-0.05, 0) is 43.1 Å². The molecule has 0 aromatic heterocycles. The van der Waals surface area contributed by atoms with Crippen molar-refractivity contribution in [1.29, 1.82) is 0 Å². The van der Waals surface area contributed by atoms with Gasteiger partial charge < -0.3 is 10.6 Å². The summed E-state index contributed by atoms with van der Waals surface area (Å²) in [6.07, 6.45) is 4.62. The van der Waals surface area contributed by atoms with Crippen molar-refractivity contribution in [3.05, 3.63) is 29.3 Å². The molecule has 0 aliphatic carbocycles. The van der Waals surface area contributed by atoms with Gasteiger partial charge >= 0.3 is 0 Å². The number of rotatable bonds is 7. The van der Waals surface area contributed by atoms with Crippen molar-refractivity contribution in [1.82, 2.24) is 5.32 Å². The predicted octanol–water partition coefficient (Wildman–Crippen LogP) is 2.62. The maximum absolute atomic E-state index is 12.0. The minimum Gasteiger partial charge on any atom is -0.384 e. The fourth-order valence-electron chi connectivity index (χ4n) is 2.28. The molecule has 0 fully saturated rings. The van der Waals surface area contributed by atoms with Crippen molar-refractivity contribution in [2.24, 2.45) is 0 Å². The highest BCUT2D eigenvalue weighted by Gasteiger charge is 2.12. The molecule has 0 radical (unpaired) electrons. The zero-order chi connectivity index (χ0) is 12.8. The van der Waals surface area contributed by atoms with Gasteiger partial charge in [-0.2, -0.15) is 0 Å². The number of hydrogen-bond donors (Lipinski definition) is 2. The van der Waals surface area contributed by atoms with E-state index in [0.29, 0.717) is 6.54 Å². The summed E-state index contributed by atoms with van der Waals surface area (Å²) in [5, 5.41) is 6.53. The molecule has 0 atom stereocenters. The quantitative estimate of drug-likeness (QED) is 0.574. The van der Waals surface area contributed by atoms with E-state index < -0.39 is 0 Å². The monoisotopic (exact) mass is 246 g/mol. The van der Waals surface area contributed by atoms with Gasteiger partial charge in [0.25, 0.3) is 0 Å². The van der Waals surface area contributed by atoms with E-state index in [0.717, 1.165) is 31.5 Å². The Balaban J connectivity index is 1.82. The van der Waals surface area contributed by atoms with E-state index in [9.17, 15) is 4.79 Å². The third-order valence-corrected chi connectivity index (χ3v) is 3.38. The van der Waals surface area contributed by atoms with Gasteiger partial charge in [-0.1, -0.05) is 19.8 Å². The van der Waals surface area contributed by atoms with E-state index in [1.807, 2.05) is 18.2 Å². The maximum Gasteiger partial charge on any atom is 0.176 e. The first-order valence-corrected chi connectivity index (χ1v) is 6.92. The lowest BCUT2D eigenvalue weighted by Crippen LogP contribution is -2.24. The number of carbonyl (C=O) groups excluding carboxylic acids is 1. The Hall–Kier alpha value is -1.35. The molecule has 1 aromatic carbocycles. The summed E-state index contributed by atoms with van der Waals surface area (Å²) >= 11 is 0. The van der Waals surface area contributed by atoms with Crippen molar-refractivity contribution in [2.45, 2.75) is 32.6 Å². The first-order valence-electron chi connectivity index (χ1n) is 6.92. The zero-order valence-corrected chi connectivity index (χ0v) is 11.1. The summed E-state index contributed by atoms with van der Waals surface area (Å²) < 4.78 is 0. The highest BCUT2D eigenvalue weighted by molar-refractivity contribution is 5.98. The van der Waals surface area contributed by atoms with Crippen LogP contribution in [-0.4, -0.2) is 25.4 Å². The molecule has 3 nitrogen and oxygen atoms in total. The summed E-state index contributed by atoms with van der Waals surface area (Å²) in [7, 11) is 0. The van der Waals surface area contributed by atoms with E-state index in [4.69, 9.17) is 0 Å². The smallest absolute Gasteiger partial charge is 0.176 e. The van der Waals surface area contributed by atoms with Crippen molar-refractivity contribution in [2.75, 3.05) is 25.0 Å². The molecule has 2 rings (SSSR count). The third-order valence-electron chi connectivity index (χ3n) is 3.38. The molecule has 0 amide bonds. The minimum atomic E-state index is 0.196. The normalized spacial score (nSPS) is 13.2. The highest BCUT2D eigenvalue weighted by Crippen LogP contribution is 2.22. The average molecular weight is 246 g/mol. The fourth-order valence-corrected chi connectivity index (χ4v) is 2.28. The van der Waals surface area contributed by atoms with Crippen molar-refractivity contribution >= 4 is 11.5 Å². The number of ketones is 1. The topological polar surface area (TPSA) is 41.1 Å². The van der Waals surface area contributed by atoms with Crippen LogP contribution in [0.25, 0.3) is 0 Å². The Morgan fingerprint density at radius 1 is 1.39 bits per heavy atom. The number of Topliss-reactive ketones (excluding diaryl/α,β-unsaturated/α-hetero) is 1. The molecule has 1 aliphatic rings. The number of unbranched alkanes of at least 4 members (excludes halogenated alkanes) is 2. The lowest BCUT2D eigenvalue weighted by atomic mass is 10.1. The Morgan fingerprint density at radius 2 is 2.28 bits per heavy atom. The van der Waals surface area contributed by atoms with Crippen molar-refractivity contribution in [3.8, 4) is 0 Å². The Labute approximate surface area is 109 Å². The first-order chi connectivity index (χ1) is 8.81. The van der Waals surface area contributed by atoms with Crippen molar-refractivity contribution < 1.29 is 4.79 Å². The molecule has 0 saturated carbocycles. The van der Waals surface area contributed by atoms with Gasteiger partial charge in [0.15, 0.2) is 5.78 Å². The van der Waals surface area contributed by atoms with Crippen molar-refractivity contribution in [3.63, 3.8) is 0 Å². The molecule has 0 spiro atoms. The Bertz CT molecular complexity index is 415. The lowest BCUT2D eigenvalue weighted by Gasteiger charge is -2.06. The van der Waals surface area contributed by atoms with Gasteiger partial charge in [0.1, 0.15) is 0 Å². The van der Waals surface area contributed by atoms with E-state index >= 15 is 0 Å². The van der Waals surface area contributed by atoms with Crippen LogP contribution in [0.1, 0.15) is 42.1 Å². The molecule has 3 heteroatoms. The summed E-state index contributed by atoms with van der Waals surface area (Å²) in [6.45, 7) is 4.56. The van der Waals surface area contributed by atoms with Crippen LogP contribution in [0.5, 0.6) is 0 Å². The van der Waals surface area contributed by atoms with E-state index in [2.05, 4.69) is 17.6 Å². The molecular weight excluding hydrogens is 224 g/mol. The van der Waals surface area contributed by atoms with Crippen LogP contribution in [0.15, 0.2) is 18.2 Å². The molecule has 1 aliphatic heterocycles. The predicted molar refractivity (Wildman–Crippen MR) is 75.4 cm³/mol. The zero-order valence-electron chi connectivity index (χ0n) is 11.1. The lowest BCUT2D eigenvalue weighted by molar-refractivity contribution is 0.0991. The summed E-state index contributed by atoms with van der Waals surface area (Å²) in [5.74, 6) is 0.196. The molecule has 0 saturated heterocycles. The summed E-state index contributed by atoms with van der Waals surface area (Å²) in [4.78, 5) is 12.0. The molecule has 0 bridgehead atoms. The van der Waals surface area contributed by atoms with E-state index in [1.165, 1.54) is 24.1 Å². The Kier molecular flexibility index (Phi) is 4.76. The number of carbonyl (C=O) groups is 1. The van der Waals surface area contributed by atoms with Gasteiger partial charge in [-0.25, -0.2) is 0 Å². The second kappa shape index (κ2) is 6.55. The molecule has 1 aromatic rings.